The lowest BCUT2D eigenvalue weighted by Crippen LogP contribution is -2.43. The van der Waals surface area contributed by atoms with Gasteiger partial charge in [-0.3, -0.25) is 19.2 Å². The first kappa shape index (κ1) is 35.7. The first-order valence-corrected chi connectivity index (χ1v) is 17.0. The number of amides is 4. The molecule has 49 heavy (non-hydrogen) atoms. The zero-order valence-electron chi connectivity index (χ0n) is 28.2. The molecule has 5 heterocycles. The van der Waals surface area contributed by atoms with Crippen LogP contribution >= 0.6 is 23.1 Å². The molecule has 1 aliphatic rings. The molecule has 4 amide bonds. The fourth-order valence-electron chi connectivity index (χ4n) is 5.48. The second-order valence-corrected chi connectivity index (χ2v) is 13.3. The van der Waals surface area contributed by atoms with Crippen LogP contribution < -0.4 is 31.5 Å². The van der Waals surface area contributed by atoms with Gasteiger partial charge in [-0.05, 0) is 63.2 Å². The van der Waals surface area contributed by atoms with Crippen molar-refractivity contribution in [3.63, 3.8) is 0 Å². The Morgan fingerprint density at radius 1 is 0.796 bits per heavy atom. The molecule has 0 bridgehead atoms. The Labute approximate surface area is 293 Å². The SMILES string of the molecule is CN(C)CCCCNC(=O)c1cc(NC(=O)c2cc(NC(=O)c3cc(NC(=O)c4nsc(N5CCNCC5)c4Cl)cn3C)cn2C)cn1C. The number of anilines is 4. The number of piperazine rings is 1. The van der Waals surface area contributed by atoms with E-state index in [1.807, 2.05) is 14.1 Å². The van der Waals surface area contributed by atoms with E-state index in [9.17, 15) is 19.2 Å². The normalized spacial score (nSPS) is 13.1. The van der Waals surface area contributed by atoms with Crippen LogP contribution in [0.5, 0.6) is 0 Å². The van der Waals surface area contributed by atoms with Crippen LogP contribution in [0.3, 0.4) is 0 Å². The number of hydrogen-bond acceptors (Lipinski definition) is 9. The lowest BCUT2D eigenvalue weighted by molar-refractivity contribution is 0.0942. The Morgan fingerprint density at radius 2 is 1.29 bits per heavy atom. The molecular weight excluding hydrogens is 670 g/mol. The van der Waals surface area contributed by atoms with Crippen LogP contribution in [0.2, 0.25) is 5.02 Å². The van der Waals surface area contributed by atoms with Gasteiger partial charge in [-0.25, -0.2) is 0 Å². The second kappa shape index (κ2) is 15.7. The van der Waals surface area contributed by atoms with Crippen molar-refractivity contribution in [2.24, 2.45) is 21.1 Å². The van der Waals surface area contributed by atoms with Crippen LogP contribution in [-0.2, 0) is 21.1 Å². The lowest BCUT2D eigenvalue weighted by Gasteiger charge is -2.27. The van der Waals surface area contributed by atoms with Crippen LogP contribution in [0.15, 0.2) is 36.8 Å². The maximum absolute atomic E-state index is 13.2. The van der Waals surface area contributed by atoms with Crippen molar-refractivity contribution in [3.8, 4) is 0 Å². The maximum atomic E-state index is 13.2. The van der Waals surface area contributed by atoms with E-state index in [4.69, 9.17) is 11.6 Å². The number of hydrogen-bond donors (Lipinski definition) is 5. The van der Waals surface area contributed by atoms with E-state index in [-0.39, 0.29) is 17.3 Å². The molecule has 15 nitrogen and oxygen atoms in total. The molecule has 0 spiro atoms. The lowest BCUT2D eigenvalue weighted by atomic mass is 10.3. The van der Waals surface area contributed by atoms with Gasteiger partial charge in [0.05, 0.1) is 17.1 Å². The molecule has 4 aromatic heterocycles. The van der Waals surface area contributed by atoms with Crippen LogP contribution in [0.1, 0.15) is 54.8 Å². The number of carbonyl (C=O) groups excluding carboxylic acids is 4. The molecule has 0 radical (unpaired) electrons. The quantitative estimate of drug-likeness (QED) is 0.132. The van der Waals surface area contributed by atoms with Crippen molar-refractivity contribution in [1.29, 1.82) is 0 Å². The summed E-state index contributed by atoms with van der Waals surface area (Å²) < 4.78 is 9.13. The van der Waals surface area contributed by atoms with Crippen molar-refractivity contribution in [3.05, 3.63) is 64.6 Å². The van der Waals surface area contributed by atoms with E-state index < -0.39 is 17.7 Å². The predicted octanol–water partition coefficient (Wildman–Crippen LogP) is 3.05. The number of nitrogens with one attached hydrogen (secondary N) is 5. The Bertz CT molecular complexity index is 1830. The highest BCUT2D eigenvalue weighted by Crippen LogP contribution is 2.34. The average Bonchev–Trinajstić information content (AvgIpc) is 3.82. The molecule has 0 aromatic carbocycles. The fourth-order valence-corrected chi connectivity index (χ4v) is 6.71. The number of carbonyl (C=O) groups is 4. The van der Waals surface area contributed by atoms with Gasteiger partial charge in [-0.2, -0.15) is 4.37 Å². The zero-order chi connectivity index (χ0) is 35.2. The molecule has 4 aromatic rings. The summed E-state index contributed by atoms with van der Waals surface area (Å²) in [5.41, 5.74) is 2.41. The Morgan fingerprint density at radius 3 is 1.80 bits per heavy atom. The number of halogens is 1. The monoisotopic (exact) mass is 711 g/mol. The molecule has 17 heteroatoms. The largest absolute Gasteiger partial charge is 0.358 e. The summed E-state index contributed by atoms with van der Waals surface area (Å²) in [6, 6.07) is 4.73. The van der Waals surface area contributed by atoms with Gasteiger partial charge in [0.25, 0.3) is 23.6 Å². The van der Waals surface area contributed by atoms with Crippen LogP contribution in [0, 0.1) is 0 Å². The number of aryl methyl sites for hydroxylation is 3. The fraction of sp³-hybridized carbons (Fsp3) is 0.406. The molecule has 5 N–H and O–H groups in total. The molecule has 1 saturated heterocycles. The van der Waals surface area contributed by atoms with Crippen molar-refractivity contribution < 1.29 is 19.2 Å². The highest BCUT2D eigenvalue weighted by Gasteiger charge is 2.24. The molecular formula is C32H42ClN11O4S. The summed E-state index contributed by atoms with van der Waals surface area (Å²) in [5.74, 6) is -1.53. The Kier molecular flexibility index (Phi) is 11.4. The minimum absolute atomic E-state index is 0.131. The van der Waals surface area contributed by atoms with E-state index in [0.717, 1.165) is 50.6 Å². The average molecular weight is 712 g/mol. The highest BCUT2D eigenvalue weighted by atomic mass is 35.5. The maximum Gasteiger partial charge on any atom is 0.277 e. The van der Waals surface area contributed by atoms with Crippen LogP contribution in [0.25, 0.3) is 0 Å². The first-order chi connectivity index (χ1) is 23.4. The van der Waals surface area contributed by atoms with Gasteiger partial charge in [-0.1, -0.05) is 11.6 Å². The first-order valence-electron chi connectivity index (χ1n) is 15.9. The minimum Gasteiger partial charge on any atom is -0.358 e. The Hall–Kier alpha value is -4.64. The number of rotatable bonds is 13. The smallest absolute Gasteiger partial charge is 0.277 e. The highest BCUT2D eigenvalue weighted by molar-refractivity contribution is 7.11. The van der Waals surface area contributed by atoms with Crippen molar-refractivity contribution >= 4 is 68.8 Å². The molecule has 0 aliphatic carbocycles. The summed E-state index contributed by atoms with van der Waals surface area (Å²) >= 11 is 7.72. The Balaban J connectivity index is 1.17. The van der Waals surface area contributed by atoms with Gasteiger partial charge in [0, 0.05) is 72.5 Å². The summed E-state index contributed by atoms with van der Waals surface area (Å²) in [5, 5.41) is 15.7. The third-order valence-electron chi connectivity index (χ3n) is 8.04. The summed E-state index contributed by atoms with van der Waals surface area (Å²) in [4.78, 5) is 56.3. The van der Waals surface area contributed by atoms with E-state index in [0.29, 0.717) is 40.0 Å². The molecule has 262 valence electrons. The van der Waals surface area contributed by atoms with E-state index in [1.165, 1.54) is 11.5 Å². The number of aromatic nitrogens is 4. The zero-order valence-corrected chi connectivity index (χ0v) is 29.8. The number of unbranched alkanes of at least 4 members (excludes halogenated alkanes) is 1. The van der Waals surface area contributed by atoms with Gasteiger partial charge >= 0.3 is 0 Å². The second-order valence-electron chi connectivity index (χ2n) is 12.2. The topological polar surface area (TPSA) is 163 Å². The van der Waals surface area contributed by atoms with E-state index in [2.05, 4.69) is 40.8 Å². The van der Waals surface area contributed by atoms with Crippen LogP contribution in [-0.4, -0.2) is 100.0 Å². The van der Waals surface area contributed by atoms with Crippen molar-refractivity contribution in [2.45, 2.75) is 12.8 Å². The molecule has 5 rings (SSSR count). The standard InChI is InChI=1S/C32H42ClN11O4S/c1-40(2)11-7-6-8-35-28(45)23-14-20(17-41(23)3)36-29(46)24-15-21(18-42(24)4)37-30(47)25-16-22(19-43(25)5)38-31(48)27-26(33)32(49-39-27)44-12-9-34-10-13-44/h14-19,34H,6-13H2,1-5H3,(H,35,45)(H,36,46)(H,37,47)(H,38,48). The summed E-state index contributed by atoms with van der Waals surface area (Å²) in [7, 11) is 9.15. The van der Waals surface area contributed by atoms with Crippen molar-refractivity contribution in [2.75, 3.05) is 74.2 Å². The third kappa shape index (κ3) is 8.70. The molecule has 0 saturated carbocycles. The van der Waals surface area contributed by atoms with Crippen molar-refractivity contribution in [1.82, 2.24) is 33.6 Å². The van der Waals surface area contributed by atoms with Gasteiger partial charge in [0.2, 0.25) is 0 Å². The van der Waals surface area contributed by atoms with Gasteiger partial charge < -0.3 is 50.1 Å². The summed E-state index contributed by atoms with van der Waals surface area (Å²) in [6.07, 6.45) is 6.76. The molecule has 1 fully saturated rings. The van der Waals surface area contributed by atoms with Crippen LogP contribution in [0.4, 0.5) is 22.1 Å². The molecule has 0 unspecified atom stereocenters. The van der Waals surface area contributed by atoms with Gasteiger partial charge in [0.1, 0.15) is 27.1 Å². The van der Waals surface area contributed by atoms with E-state index >= 15 is 0 Å². The van der Waals surface area contributed by atoms with E-state index in [1.54, 1.807) is 71.6 Å². The van der Waals surface area contributed by atoms with Gasteiger partial charge in [-0.15, -0.1) is 0 Å². The summed E-state index contributed by atoms with van der Waals surface area (Å²) in [6.45, 7) is 4.73. The minimum atomic E-state index is -0.472. The predicted molar refractivity (Wildman–Crippen MR) is 192 cm³/mol. The third-order valence-corrected chi connectivity index (χ3v) is 9.42. The molecule has 0 atom stereocenters. The molecule has 1 aliphatic heterocycles. The number of nitrogens with zero attached hydrogens (tertiary/aromatic N) is 6. The van der Waals surface area contributed by atoms with Gasteiger partial charge in [0.15, 0.2) is 5.69 Å².